The molecule has 6 nitrogen and oxygen atoms in total. The summed E-state index contributed by atoms with van der Waals surface area (Å²) in [7, 11) is 0. The standard InChI is InChI=1S/C21H22ClN5OS/c1-14-13-19(26-21(23-14)27-11-3-2-4-12-27)24-15-5-7-16(8-6-15)25-20(28)17-9-10-18(22)29-17/h5-10,13H,2-4,11-12H2,1H3,(H,25,28)(H,23,24,26). The van der Waals surface area contributed by atoms with E-state index in [4.69, 9.17) is 11.6 Å². The monoisotopic (exact) mass is 427 g/mol. The smallest absolute Gasteiger partial charge is 0.265 e. The number of anilines is 4. The number of halogens is 1. The minimum atomic E-state index is -0.166. The highest BCUT2D eigenvalue weighted by molar-refractivity contribution is 7.18. The molecule has 0 saturated carbocycles. The van der Waals surface area contributed by atoms with E-state index in [1.165, 1.54) is 30.6 Å². The molecule has 0 radical (unpaired) electrons. The Kier molecular flexibility index (Phi) is 5.97. The van der Waals surface area contributed by atoms with Crippen LogP contribution in [0.15, 0.2) is 42.5 Å². The normalized spacial score (nSPS) is 13.9. The second-order valence-corrected chi connectivity index (χ2v) is 8.72. The maximum absolute atomic E-state index is 12.2. The van der Waals surface area contributed by atoms with Crippen LogP contribution in [-0.4, -0.2) is 29.0 Å². The Bertz CT molecular complexity index is 999. The number of aryl methyl sites for hydroxylation is 1. The number of rotatable bonds is 5. The van der Waals surface area contributed by atoms with Crippen molar-refractivity contribution in [3.8, 4) is 0 Å². The molecule has 2 aromatic heterocycles. The first-order valence-corrected chi connectivity index (χ1v) is 10.8. The summed E-state index contributed by atoms with van der Waals surface area (Å²) in [4.78, 5) is 24.3. The highest BCUT2D eigenvalue weighted by atomic mass is 35.5. The fourth-order valence-electron chi connectivity index (χ4n) is 3.27. The van der Waals surface area contributed by atoms with Gasteiger partial charge in [0, 0.05) is 36.2 Å². The average molecular weight is 428 g/mol. The molecule has 0 spiro atoms. The average Bonchev–Trinajstić information content (AvgIpc) is 3.16. The highest BCUT2D eigenvalue weighted by Gasteiger charge is 2.15. The van der Waals surface area contributed by atoms with E-state index in [0.717, 1.165) is 41.9 Å². The van der Waals surface area contributed by atoms with E-state index in [2.05, 4.69) is 25.5 Å². The Balaban J connectivity index is 1.43. The lowest BCUT2D eigenvalue weighted by Crippen LogP contribution is -2.31. The number of benzene rings is 1. The van der Waals surface area contributed by atoms with E-state index in [1.807, 2.05) is 37.3 Å². The van der Waals surface area contributed by atoms with Gasteiger partial charge in [0.15, 0.2) is 0 Å². The number of thiophene rings is 1. The summed E-state index contributed by atoms with van der Waals surface area (Å²) in [5.74, 6) is 1.38. The number of aromatic nitrogens is 2. The molecule has 29 heavy (non-hydrogen) atoms. The molecule has 1 aromatic carbocycles. The summed E-state index contributed by atoms with van der Waals surface area (Å²) < 4.78 is 0.596. The van der Waals surface area contributed by atoms with Gasteiger partial charge in [0.1, 0.15) is 5.82 Å². The van der Waals surface area contributed by atoms with Gasteiger partial charge >= 0.3 is 0 Å². The minimum Gasteiger partial charge on any atom is -0.341 e. The van der Waals surface area contributed by atoms with Crippen molar-refractivity contribution >= 4 is 52.0 Å². The van der Waals surface area contributed by atoms with Gasteiger partial charge < -0.3 is 15.5 Å². The third-order valence-electron chi connectivity index (χ3n) is 4.69. The van der Waals surface area contributed by atoms with E-state index in [-0.39, 0.29) is 5.91 Å². The molecular weight excluding hydrogens is 406 g/mol. The van der Waals surface area contributed by atoms with E-state index in [1.54, 1.807) is 12.1 Å². The fourth-order valence-corrected chi connectivity index (χ4v) is 4.20. The molecular formula is C21H22ClN5OS. The Morgan fingerprint density at radius 3 is 2.45 bits per heavy atom. The third-order valence-corrected chi connectivity index (χ3v) is 5.92. The number of piperidine rings is 1. The summed E-state index contributed by atoms with van der Waals surface area (Å²) in [5.41, 5.74) is 2.55. The van der Waals surface area contributed by atoms with Gasteiger partial charge in [0.2, 0.25) is 5.95 Å². The maximum atomic E-state index is 12.2. The van der Waals surface area contributed by atoms with Gasteiger partial charge in [-0.25, -0.2) is 4.98 Å². The van der Waals surface area contributed by atoms with Gasteiger partial charge in [0.05, 0.1) is 9.21 Å². The summed E-state index contributed by atoms with van der Waals surface area (Å²) in [6, 6.07) is 12.9. The molecule has 0 aliphatic carbocycles. The second kappa shape index (κ2) is 8.80. The molecule has 8 heteroatoms. The summed E-state index contributed by atoms with van der Waals surface area (Å²) in [6.07, 6.45) is 3.64. The maximum Gasteiger partial charge on any atom is 0.265 e. The second-order valence-electron chi connectivity index (χ2n) is 7.00. The van der Waals surface area contributed by atoms with Crippen LogP contribution in [0.25, 0.3) is 0 Å². The first-order chi connectivity index (χ1) is 14.1. The quantitative estimate of drug-likeness (QED) is 0.563. The van der Waals surface area contributed by atoms with Crippen LogP contribution in [0.3, 0.4) is 0 Å². The zero-order valence-corrected chi connectivity index (χ0v) is 17.7. The van der Waals surface area contributed by atoms with Crippen molar-refractivity contribution in [2.24, 2.45) is 0 Å². The van der Waals surface area contributed by atoms with Crippen molar-refractivity contribution < 1.29 is 4.79 Å². The third kappa shape index (κ3) is 5.05. The van der Waals surface area contributed by atoms with Crippen LogP contribution in [-0.2, 0) is 0 Å². The number of hydrogen-bond donors (Lipinski definition) is 2. The van der Waals surface area contributed by atoms with E-state index in [9.17, 15) is 4.79 Å². The van der Waals surface area contributed by atoms with Crippen molar-refractivity contribution in [1.82, 2.24) is 9.97 Å². The van der Waals surface area contributed by atoms with Crippen molar-refractivity contribution in [3.05, 3.63) is 57.4 Å². The van der Waals surface area contributed by atoms with E-state index >= 15 is 0 Å². The van der Waals surface area contributed by atoms with Crippen molar-refractivity contribution in [1.29, 1.82) is 0 Å². The number of carbonyl (C=O) groups excluding carboxylic acids is 1. The van der Waals surface area contributed by atoms with Crippen molar-refractivity contribution in [2.45, 2.75) is 26.2 Å². The van der Waals surface area contributed by atoms with Crippen LogP contribution >= 0.6 is 22.9 Å². The molecule has 3 heterocycles. The lowest BCUT2D eigenvalue weighted by molar-refractivity contribution is 0.103. The molecule has 0 bridgehead atoms. The minimum absolute atomic E-state index is 0.166. The molecule has 1 aliphatic heterocycles. The zero-order chi connectivity index (χ0) is 20.2. The van der Waals surface area contributed by atoms with Crippen molar-refractivity contribution in [3.63, 3.8) is 0 Å². The van der Waals surface area contributed by atoms with E-state index < -0.39 is 0 Å². The Morgan fingerprint density at radius 2 is 1.76 bits per heavy atom. The molecule has 1 fully saturated rings. The van der Waals surface area contributed by atoms with Gasteiger partial charge in [-0.05, 0) is 62.6 Å². The van der Waals surface area contributed by atoms with Gasteiger partial charge in [-0.3, -0.25) is 4.79 Å². The van der Waals surface area contributed by atoms with E-state index in [0.29, 0.717) is 9.21 Å². The summed E-state index contributed by atoms with van der Waals surface area (Å²) in [5, 5.41) is 6.21. The van der Waals surface area contributed by atoms with Gasteiger partial charge in [-0.1, -0.05) is 11.6 Å². The molecule has 1 aliphatic rings. The van der Waals surface area contributed by atoms with Gasteiger partial charge in [-0.15, -0.1) is 11.3 Å². The van der Waals surface area contributed by atoms with Crippen LogP contribution < -0.4 is 15.5 Å². The molecule has 0 atom stereocenters. The predicted molar refractivity (Wildman–Crippen MR) is 120 cm³/mol. The van der Waals surface area contributed by atoms with Crippen LogP contribution in [0.4, 0.5) is 23.1 Å². The van der Waals surface area contributed by atoms with Crippen LogP contribution in [0.1, 0.15) is 34.6 Å². The lowest BCUT2D eigenvalue weighted by atomic mass is 10.1. The Morgan fingerprint density at radius 1 is 1.03 bits per heavy atom. The number of nitrogens with one attached hydrogen (secondary N) is 2. The number of amides is 1. The number of carbonyl (C=O) groups is 1. The van der Waals surface area contributed by atoms with Crippen LogP contribution in [0.5, 0.6) is 0 Å². The van der Waals surface area contributed by atoms with Gasteiger partial charge in [-0.2, -0.15) is 4.98 Å². The molecule has 2 N–H and O–H groups in total. The molecule has 150 valence electrons. The van der Waals surface area contributed by atoms with Crippen LogP contribution in [0, 0.1) is 6.92 Å². The zero-order valence-electron chi connectivity index (χ0n) is 16.1. The van der Waals surface area contributed by atoms with Gasteiger partial charge in [0.25, 0.3) is 5.91 Å². The first kappa shape index (κ1) is 19.7. The summed E-state index contributed by atoms with van der Waals surface area (Å²) >= 11 is 7.15. The molecule has 0 unspecified atom stereocenters. The number of hydrogen-bond acceptors (Lipinski definition) is 6. The topological polar surface area (TPSA) is 70.2 Å². The first-order valence-electron chi connectivity index (χ1n) is 9.61. The van der Waals surface area contributed by atoms with Crippen molar-refractivity contribution in [2.75, 3.05) is 28.6 Å². The molecule has 1 amide bonds. The van der Waals surface area contributed by atoms with Crippen LogP contribution in [0.2, 0.25) is 4.34 Å². The molecule has 1 saturated heterocycles. The lowest BCUT2D eigenvalue weighted by Gasteiger charge is -2.27. The Hall–Kier alpha value is -2.64. The molecule has 4 rings (SSSR count). The Labute approximate surface area is 178 Å². The summed E-state index contributed by atoms with van der Waals surface area (Å²) in [6.45, 7) is 4.00. The number of nitrogens with zero attached hydrogens (tertiary/aromatic N) is 3. The SMILES string of the molecule is Cc1cc(Nc2ccc(NC(=O)c3ccc(Cl)s3)cc2)nc(N2CCCCC2)n1. The predicted octanol–water partition coefficient (Wildman–Crippen LogP) is 5.49. The fraction of sp³-hybridized carbons (Fsp3) is 0.286. The largest absolute Gasteiger partial charge is 0.341 e. The molecule has 3 aromatic rings. The highest BCUT2D eigenvalue weighted by Crippen LogP contribution is 2.24.